The Morgan fingerprint density at radius 2 is 1.67 bits per heavy atom. The van der Waals surface area contributed by atoms with Crippen molar-refractivity contribution in [3.8, 4) is 0 Å². The first-order valence-electron chi connectivity index (χ1n) is 9.84. The van der Waals surface area contributed by atoms with Crippen LogP contribution in [0.2, 0.25) is 0 Å². The van der Waals surface area contributed by atoms with Gasteiger partial charge in [0.25, 0.3) is 5.91 Å². The first-order valence-corrected chi connectivity index (χ1v) is 10.8. The molecule has 7 heteroatoms. The highest BCUT2D eigenvalue weighted by molar-refractivity contribution is 7.99. The number of benzene rings is 2. The molecule has 2 aromatic carbocycles. The van der Waals surface area contributed by atoms with E-state index >= 15 is 0 Å². The molecule has 30 heavy (non-hydrogen) atoms. The van der Waals surface area contributed by atoms with Crippen LogP contribution in [0.1, 0.15) is 52.0 Å². The number of aryl methyl sites for hydroxylation is 1. The molecule has 6 nitrogen and oxygen atoms in total. The van der Waals surface area contributed by atoms with Crippen LogP contribution in [-0.2, 0) is 7.05 Å². The summed E-state index contributed by atoms with van der Waals surface area (Å²) in [7, 11) is 1.86. The van der Waals surface area contributed by atoms with E-state index in [1.54, 1.807) is 12.1 Å². The van der Waals surface area contributed by atoms with Crippen molar-refractivity contribution < 1.29 is 9.59 Å². The number of ketones is 1. The number of carbonyl (C=O) groups excluding carboxylic acids is 2. The maximum atomic E-state index is 12.7. The molecule has 0 spiro atoms. The van der Waals surface area contributed by atoms with Gasteiger partial charge in [-0.3, -0.25) is 9.59 Å². The molecular weight excluding hydrogens is 396 g/mol. The lowest BCUT2D eigenvalue weighted by molar-refractivity contribution is 0.0921. The van der Waals surface area contributed by atoms with Crippen molar-refractivity contribution in [2.75, 3.05) is 5.75 Å². The lowest BCUT2D eigenvalue weighted by Gasteiger charge is -2.21. The maximum absolute atomic E-state index is 12.7. The van der Waals surface area contributed by atoms with Crippen molar-refractivity contribution in [1.82, 2.24) is 20.1 Å². The Balaban J connectivity index is 1.71. The molecule has 1 amide bonds. The van der Waals surface area contributed by atoms with Crippen molar-refractivity contribution >= 4 is 23.5 Å². The molecule has 1 heterocycles. The highest BCUT2D eigenvalue weighted by Crippen LogP contribution is 2.25. The molecule has 0 aliphatic rings. The molecule has 156 valence electrons. The van der Waals surface area contributed by atoms with Gasteiger partial charge in [0.1, 0.15) is 0 Å². The summed E-state index contributed by atoms with van der Waals surface area (Å²) in [6.07, 6.45) is 0. The number of carbonyl (C=O) groups is 2. The Bertz CT molecular complexity index is 1010. The van der Waals surface area contributed by atoms with E-state index in [0.717, 1.165) is 5.56 Å². The van der Waals surface area contributed by atoms with Gasteiger partial charge >= 0.3 is 0 Å². The highest BCUT2D eigenvalue weighted by Gasteiger charge is 2.25. The quantitative estimate of drug-likeness (QED) is 0.434. The summed E-state index contributed by atoms with van der Waals surface area (Å²) in [5, 5.41) is 12.3. The summed E-state index contributed by atoms with van der Waals surface area (Å²) < 4.78 is 1.85. The van der Waals surface area contributed by atoms with Gasteiger partial charge in [-0.15, -0.1) is 10.2 Å². The molecule has 0 saturated carbocycles. The van der Waals surface area contributed by atoms with E-state index in [4.69, 9.17) is 0 Å². The van der Waals surface area contributed by atoms with Gasteiger partial charge in [0.15, 0.2) is 16.8 Å². The zero-order valence-corrected chi connectivity index (χ0v) is 18.4. The Morgan fingerprint density at radius 3 is 2.30 bits per heavy atom. The van der Waals surface area contributed by atoms with Gasteiger partial charge in [0.05, 0.1) is 11.8 Å². The van der Waals surface area contributed by atoms with Crippen LogP contribution in [-0.4, -0.2) is 32.2 Å². The Labute approximate surface area is 181 Å². The van der Waals surface area contributed by atoms with Gasteiger partial charge in [-0.1, -0.05) is 73.6 Å². The fraction of sp³-hybridized carbons (Fsp3) is 0.304. The fourth-order valence-corrected chi connectivity index (χ4v) is 3.83. The zero-order chi connectivity index (χ0) is 21.7. The summed E-state index contributed by atoms with van der Waals surface area (Å²) in [4.78, 5) is 25.1. The van der Waals surface area contributed by atoms with Gasteiger partial charge in [-0.2, -0.15) is 0 Å². The molecule has 0 radical (unpaired) electrons. The Hall–Kier alpha value is -2.93. The van der Waals surface area contributed by atoms with Gasteiger partial charge in [0, 0.05) is 18.2 Å². The second kappa shape index (κ2) is 9.71. The summed E-state index contributed by atoms with van der Waals surface area (Å²) in [5.74, 6) is 0.951. The second-order valence-corrected chi connectivity index (χ2v) is 8.48. The van der Waals surface area contributed by atoms with E-state index in [-0.39, 0.29) is 29.4 Å². The minimum atomic E-state index is -0.296. The molecule has 0 aliphatic heterocycles. The minimum Gasteiger partial charge on any atom is -0.342 e. The summed E-state index contributed by atoms with van der Waals surface area (Å²) in [6, 6.07) is 16.4. The lowest BCUT2D eigenvalue weighted by atomic mass is 10.0. The van der Waals surface area contributed by atoms with Crippen molar-refractivity contribution in [3.05, 3.63) is 77.1 Å². The fourth-order valence-electron chi connectivity index (χ4n) is 3.02. The number of Topliss-reactive ketones (excluding diaryl/α,β-unsaturated/α-hetero) is 1. The van der Waals surface area contributed by atoms with Gasteiger partial charge in [0.2, 0.25) is 0 Å². The van der Waals surface area contributed by atoms with Crippen LogP contribution in [0.4, 0.5) is 0 Å². The summed E-state index contributed by atoms with van der Waals surface area (Å²) in [6.45, 7) is 6.04. The normalized spacial score (nSPS) is 12.0. The number of rotatable bonds is 8. The van der Waals surface area contributed by atoms with Crippen LogP contribution in [0.25, 0.3) is 0 Å². The number of nitrogens with zero attached hydrogens (tertiary/aromatic N) is 3. The average Bonchev–Trinajstić information content (AvgIpc) is 3.11. The van der Waals surface area contributed by atoms with Crippen LogP contribution in [0.15, 0.2) is 59.8 Å². The van der Waals surface area contributed by atoms with Crippen LogP contribution in [0, 0.1) is 12.8 Å². The van der Waals surface area contributed by atoms with E-state index in [2.05, 4.69) is 15.5 Å². The highest BCUT2D eigenvalue weighted by atomic mass is 32.2. The van der Waals surface area contributed by atoms with Crippen molar-refractivity contribution in [1.29, 1.82) is 0 Å². The SMILES string of the molecule is Cc1ccc(C(=O)N[C@@H](c2nnc(SCC(=O)c3ccccc3)n2C)C(C)C)cc1. The van der Waals surface area contributed by atoms with Crippen LogP contribution in [0.3, 0.4) is 0 Å². The summed E-state index contributed by atoms with van der Waals surface area (Å²) in [5.41, 5.74) is 2.39. The molecular formula is C23H26N4O2S. The number of amides is 1. The minimum absolute atomic E-state index is 0.0400. The topological polar surface area (TPSA) is 76.9 Å². The molecule has 1 aromatic heterocycles. The van der Waals surface area contributed by atoms with E-state index in [9.17, 15) is 9.59 Å². The molecule has 1 N–H and O–H groups in total. The number of nitrogens with one attached hydrogen (secondary N) is 1. The Morgan fingerprint density at radius 1 is 1.00 bits per heavy atom. The van der Waals surface area contributed by atoms with Gasteiger partial charge < -0.3 is 9.88 Å². The first kappa shape index (κ1) is 21.8. The maximum Gasteiger partial charge on any atom is 0.251 e. The monoisotopic (exact) mass is 422 g/mol. The van der Waals surface area contributed by atoms with E-state index < -0.39 is 0 Å². The lowest BCUT2D eigenvalue weighted by Crippen LogP contribution is -2.33. The largest absolute Gasteiger partial charge is 0.342 e. The van der Waals surface area contributed by atoms with Crippen molar-refractivity contribution in [2.45, 2.75) is 32.0 Å². The molecule has 0 saturated heterocycles. The molecule has 1 atom stereocenters. The molecule has 0 aliphatic carbocycles. The third-order valence-electron chi connectivity index (χ3n) is 4.84. The van der Waals surface area contributed by atoms with Crippen molar-refractivity contribution in [3.63, 3.8) is 0 Å². The predicted molar refractivity (Wildman–Crippen MR) is 119 cm³/mol. The van der Waals surface area contributed by atoms with E-state index in [1.165, 1.54) is 11.8 Å². The smallest absolute Gasteiger partial charge is 0.251 e. The Kier molecular flexibility index (Phi) is 7.05. The molecule has 0 bridgehead atoms. The molecule has 3 aromatic rings. The van der Waals surface area contributed by atoms with Crippen LogP contribution in [0.5, 0.6) is 0 Å². The van der Waals surface area contributed by atoms with Crippen molar-refractivity contribution in [2.24, 2.45) is 13.0 Å². The third kappa shape index (κ3) is 5.16. The van der Waals surface area contributed by atoms with E-state index in [0.29, 0.717) is 22.1 Å². The second-order valence-electron chi connectivity index (χ2n) is 7.54. The molecule has 0 fully saturated rings. The standard InChI is InChI=1S/C23H26N4O2S/c1-15(2)20(24-22(29)18-12-10-16(3)11-13-18)21-25-26-23(27(21)4)30-14-19(28)17-8-6-5-7-9-17/h5-13,15,20H,14H2,1-4H3,(H,24,29)/t20-/m1/s1. The predicted octanol–water partition coefficient (Wildman–Crippen LogP) is 4.23. The number of hydrogen-bond donors (Lipinski definition) is 1. The number of hydrogen-bond acceptors (Lipinski definition) is 5. The summed E-state index contributed by atoms with van der Waals surface area (Å²) >= 11 is 1.34. The van der Waals surface area contributed by atoms with Crippen LogP contribution < -0.4 is 5.32 Å². The number of thioether (sulfide) groups is 1. The molecule has 0 unspecified atom stereocenters. The average molecular weight is 423 g/mol. The van der Waals surface area contributed by atoms with Gasteiger partial charge in [-0.25, -0.2) is 0 Å². The molecule has 3 rings (SSSR count). The number of aromatic nitrogens is 3. The first-order chi connectivity index (χ1) is 14.4. The third-order valence-corrected chi connectivity index (χ3v) is 5.86. The van der Waals surface area contributed by atoms with Crippen LogP contribution >= 0.6 is 11.8 Å². The van der Waals surface area contributed by atoms with E-state index in [1.807, 2.05) is 74.9 Å². The zero-order valence-electron chi connectivity index (χ0n) is 17.6. The van der Waals surface area contributed by atoms with Gasteiger partial charge in [-0.05, 0) is 25.0 Å².